The first kappa shape index (κ1) is 98.1. The van der Waals surface area contributed by atoms with E-state index in [1.807, 2.05) is 0 Å². The van der Waals surface area contributed by atoms with Gasteiger partial charge in [0, 0.05) is 25.7 Å². The number of hydrogen-bond acceptors (Lipinski definition) is 15. The minimum Gasteiger partial charge on any atom is -0.462 e. The average molecular weight is 1470 g/mol. The van der Waals surface area contributed by atoms with Crippen LogP contribution in [0.25, 0.3) is 0 Å². The Morgan fingerprint density at radius 1 is 0.270 bits per heavy atom. The van der Waals surface area contributed by atoms with Gasteiger partial charge in [-0.05, 0) is 37.5 Å². The SMILES string of the molecule is CCCCCCCCCCCCCC(=O)OC[C@H](COP(=O)(O)OC[C@H](O)COP(=O)(O)OC[C@@H](COC(=O)CCCCCCCCCCCCCCCCC(C)C)OC(=O)CCCCCCCCCCCCCCCCCCCCC(C)C)OC(=O)CCCCCCCCCCCCC. The first-order valence-electron chi connectivity index (χ1n) is 42.0. The number of rotatable bonds is 80. The quantitative estimate of drug-likeness (QED) is 0.0222. The second-order valence-electron chi connectivity index (χ2n) is 30.1. The summed E-state index contributed by atoms with van der Waals surface area (Å²) in [5.41, 5.74) is 0. The van der Waals surface area contributed by atoms with E-state index < -0.39 is 97.5 Å². The maximum atomic E-state index is 13.1. The second kappa shape index (κ2) is 72.6. The Balaban J connectivity index is 5.21. The van der Waals surface area contributed by atoms with Crippen LogP contribution in [-0.4, -0.2) is 96.7 Å². The summed E-state index contributed by atoms with van der Waals surface area (Å²) in [6.45, 7) is 9.69. The normalized spacial score (nSPS) is 13.9. The molecule has 0 radical (unpaired) electrons. The summed E-state index contributed by atoms with van der Waals surface area (Å²) in [4.78, 5) is 73.0. The van der Waals surface area contributed by atoms with Crippen LogP contribution in [0, 0.1) is 11.8 Å². The zero-order valence-electron chi connectivity index (χ0n) is 65.5. The molecule has 0 amide bonds. The Kier molecular flexibility index (Phi) is 71.2. The molecule has 0 aromatic carbocycles. The second-order valence-corrected chi connectivity index (χ2v) is 33.0. The summed E-state index contributed by atoms with van der Waals surface area (Å²) >= 11 is 0. The first-order valence-corrected chi connectivity index (χ1v) is 45.0. The topological polar surface area (TPSA) is 237 Å². The number of esters is 4. The lowest BCUT2D eigenvalue weighted by Crippen LogP contribution is -2.30. The molecule has 5 atom stereocenters. The molecule has 0 rings (SSSR count). The molecule has 19 heteroatoms. The summed E-state index contributed by atoms with van der Waals surface area (Å²) in [6.07, 6.45) is 62.4. The molecule has 594 valence electrons. The highest BCUT2D eigenvalue weighted by Crippen LogP contribution is 2.45. The van der Waals surface area contributed by atoms with Crippen LogP contribution >= 0.6 is 15.6 Å². The average Bonchev–Trinajstić information content (AvgIpc) is 0.982. The number of aliphatic hydroxyl groups is 1. The summed E-state index contributed by atoms with van der Waals surface area (Å²) in [7, 11) is -9.92. The molecule has 100 heavy (non-hydrogen) atoms. The molecule has 0 aliphatic heterocycles. The number of unbranched alkanes of at least 4 members (excludes halogenated alkanes) is 50. The van der Waals surface area contributed by atoms with Gasteiger partial charge in [-0.1, -0.05) is 375 Å². The summed E-state index contributed by atoms with van der Waals surface area (Å²) in [5.74, 6) is -0.488. The van der Waals surface area contributed by atoms with E-state index in [2.05, 4.69) is 41.5 Å². The Hall–Kier alpha value is -1.94. The molecule has 0 bridgehead atoms. The van der Waals surface area contributed by atoms with E-state index in [4.69, 9.17) is 37.0 Å². The van der Waals surface area contributed by atoms with Crippen molar-refractivity contribution in [1.82, 2.24) is 0 Å². The van der Waals surface area contributed by atoms with Crippen LogP contribution in [0.1, 0.15) is 427 Å². The van der Waals surface area contributed by atoms with E-state index in [0.717, 1.165) is 102 Å². The van der Waals surface area contributed by atoms with Crippen LogP contribution in [0.3, 0.4) is 0 Å². The van der Waals surface area contributed by atoms with Crippen molar-refractivity contribution in [3.8, 4) is 0 Å². The third-order valence-corrected chi connectivity index (χ3v) is 20.9. The summed E-state index contributed by atoms with van der Waals surface area (Å²) in [5, 5.41) is 10.6. The van der Waals surface area contributed by atoms with Gasteiger partial charge in [-0.15, -0.1) is 0 Å². The van der Waals surface area contributed by atoms with Gasteiger partial charge in [0.15, 0.2) is 12.2 Å². The molecule has 0 saturated carbocycles. The Morgan fingerprint density at radius 3 is 0.680 bits per heavy atom. The van der Waals surface area contributed by atoms with Crippen LogP contribution in [0.15, 0.2) is 0 Å². The van der Waals surface area contributed by atoms with Crippen molar-refractivity contribution >= 4 is 39.5 Å². The standard InChI is InChI=1S/C81H158O17P2/c1-7-9-11-13-15-17-31-39-45-51-57-63-78(83)91-69-76(97-80(85)65-59-53-47-41-32-18-16-14-12-10-8-2)71-95-99(87,88)93-67-75(82)68-94-100(89,90)96-72-77(70-92-79(84)64-58-52-46-40-35-29-26-25-28-34-38-44-50-56-62-74(5)6)98-81(86)66-60-54-48-42-36-30-24-22-20-19-21-23-27-33-37-43-49-55-61-73(3)4/h73-77,82H,7-72H2,1-6H3,(H,87,88)(H,89,90)/t75-,76+,77+/m0/s1. The van der Waals surface area contributed by atoms with Crippen molar-refractivity contribution < 1.29 is 80.2 Å². The fourth-order valence-electron chi connectivity index (χ4n) is 12.5. The first-order chi connectivity index (χ1) is 48.4. The molecular weight excluding hydrogens is 1310 g/mol. The third kappa shape index (κ3) is 74.3. The van der Waals surface area contributed by atoms with Gasteiger partial charge < -0.3 is 33.8 Å². The van der Waals surface area contributed by atoms with E-state index in [0.29, 0.717) is 25.7 Å². The smallest absolute Gasteiger partial charge is 0.462 e. The van der Waals surface area contributed by atoms with Crippen molar-refractivity contribution in [1.29, 1.82) is 0 Å². The van der Waals surface area contributed by atoms with Crippen LogP contribution < -0.4 is 0 Å². The predicted octanol–water partition coefficient (Wildman–Crippen LogP) is 24.3. The fourth-order valence-corrected chi connectivity index (χ4v) is 14.1. The van der Waals surface area contributed by atoms with Crippen molar-refractivity contribution in [3.63, 3.8) is 0 Å². The van der Waals surface area contributed by atoms with E-state index in [1.165, 1.54) is 244 Å². The highest BCUT2D eigenvalue weighted by Gasteiger charge is 2.30. The zero-order valence-corrected chi connectivity index (χ0v) is 67.3. The molecular formula is C81H158O17P2. The van der Waals surface area contributed by atoms with Crippen LogP contribution in [0.4, 0.5) is 0 Å². The lowest BCUT2D eigenvalue weighted by Gasteiger charge is -2.21. The number of carbonyl (C=O) groups excluding carboxylic acids is 4. The molecule has 0 aliphatic rings. The molecule has 2 unspecified atom stereocenters. The minimum atomic E-state index is -4.96. The van der Waals surface area contributed by atoms with Crippen molar-refractivity contribution in [3.05, 3.63) is 0 Å². The lowest BCUT2D eigenvalue weighted by atomic mass is 10.0. The highest BCUT2D eigenvalue weighted by atomic mass is 31.2. The number of hydrogen-bond donors (Lipinski definition) is 3. The Labute approximate surface area is 613 Å². The van der Waals surface area contributed by atoms with Gasteiger partial charge in [0.25, 0.3) is 0 Å². The molecule has 0 aliphatic carbocycles. The lowest BCUT2D eigenvalue weighted by molar-refractivity contribution is -0.161. The summed E-state index contributed by atoms with van der Waals surface area (Å²) < 4.78 is 68.7. The predicted molar refractivity (Wildman–Crippen MR) is 409 cm³/mol. The van der Waals surface area contributed by atoms with E-state index in [-0.39, 0.29) is 25.7 Å². The van der Waals surface area contributed by atoms with Gasteiger partial charge in [-0.25, -0.2) is 9.13 Å². The summed E-state index contributed by atoms with van der Waals surface area (Å²) in [6, 6.07) is 0. The van der Waals surface area contributed by atoms with Gasteiger partial charge in [-0.3, -0.25) is 37.3 Å². The molecule has 0 spiro atoms. The van der Waals surface area contributed by atoms with Crippen LogP contribution in [-0.2, 0) is 65.4 Å². The van der Waals surface area contributed by atoms with Gasteiger partial charge >= 0.3 is 39.5 Å². The number of ether oxygens (including phenoxy) is 4. The maximum Gasteiger partial charge on any atom is 0.472 e. The fraction of sp³-hybridized carbons (Fsp3) is 0.951. The van der Waals surface area contributed by atoms with Gasteiger partial charge in [-0.2, -0.15) is 0 Å². The van der Waals surface area contributed by atoms with Crippen molar-refractivity contribution in [2.45, 2.75) is 445 Å². The van der Waals surface area contributed by atoms with Crippen LogP contribution in [0.2, 0.25) is 0 Å². The maximum absolute atomic E-state index is 13.1. The molecule has 0 saturated heterocycles. The highest BCUT2D eigenvalue weighted by molar-refractivity contribution is 7.47. The third-order valence-electron chi connectivity index (χ3n) is 19.0. The molecule has 0 fully saturated rings. The molecule has 0 aromatic rings. The van der Waals surface area contributed by atoms with Gasteiger partial charge in [0.2, 0.25) is 0 Å². The van der Waals surface area contributed by atoms with Gasteiger partial charge in [0.1, 0.15) is 19.3 Å². The van der Waals surface area contributed by atoms with E-state index >= 15 is 0 Å². The van der Waals surface area contributed by atoms with Crippen molar-refractivity contribution in [2.75, 3.05) is 39.6 Å². The van der Waals surface area contributed by atoms with Crippen LogP contribution in [0.5, 0.6) is 0 Å². The monoisotopic (exact) mass is 1470 g/mol. The minimum absolute atomic E-state index is 0.107. The molecule has 0 aromatic heterocycles. The number of carbonyl (C=O) groups is 4. The Bertz CT molecular complexity index is 1920. The van der Waals surface area contributed by atoms with Gasteiger partial charge in [0.05, 0.1) is 26.4 Å². The molecule has 0 heterocycles. The van der Waals surface area contributed by atoms with E-state index in [1.54, 1.807) is 0 Å². The number of phosphoric acid groups is 2. The number of aliphatic hydroxyl groups excluding tert-OH is 1. The number of phosphoric ester groups is 2. The molecule has 3 N–H and O–H groups in total. The van der Waals surface area contributed by atoms with E-state index in [9.17, 15) is 43.2 Å². The van der Waals surface area contributed by atoms with Crippen molar-refractivity contribution in [2.24, 2.45) is 11.8 Å². The molecule has 17 nitrogen and oxygen atoms in total. The zero-order chi connectivity index (χ0) is 73.5. The largest absolute Gasteiger partial charge is 0.472 e. The Morgan fingerprint density at radius 2 is 0.460 bits per heavy atom.